The van der Waals surface area contributed by atoms with Crippen molar-refractivity contribution < 1.29 is 9.63 Å². The molecule has 0 radical (unpaired) electrons. The third kappa shape index (κ3) is 7.13. The molecule has 4 aliphatic carbocycles. The lowest BCUT2D eigenvalue weighted by molar-refractivity contribution is -0.0443. The number of ether oxygens (including phenoxy) is 1. The van der Waals surface area contributed by atoms with Gasteiger partial charge in [-0.05, 0) is 102 Å². The van der Waals surface area contributed by atoms with E-state index in [2.05, 4.69) is 33.8 Å². The van der Waals surface area contributed by atoms with Crippen molar-refractivity contribution in [1.82, 2.24) is 0 Å². The van der Waals surface area contributed by atoms with Gasteiger partial charge in [-0.3, -0.25) is 0 Å². The first kappa shape index (κ1) is 31.3. The fourth-order valence-corrected chi connectivity index (χ4v) is 8.42. The predicted molar refractivity (Wildman–Crippen MR) is 155 cm³/mol. The Hall–Kier alpha value is 0.0500. The minimum absolute atomic E-state index is 0.0593. The van der Waals surface area contributed by atoms with Crippen LogP contribution in [0.15, 0.2) is 11.6 Å². The Balaban J connectivity index is 0.00000103. The lowest BCUT2D eigenvalue weighted by Crippen LogP contribution is -2.64. The van der Waals surface area contributed by atoms with E-state index in [1.54, 1.807) is 5.57 Å². The number of hydrogen-bond acceptors (Lipinski definition) is 3. The van der Waals surface area contributed by atoms with E-state index in [0.29, 0.717) is 17.4 Å². The molecule has 0 aromatic heterocycles. The molecule has 0 heterocycles. The summed E-state index contributed by atoms with van der Waals surface area (Å²) in [6.45, 7) is 14.5. The standard InChI is InChI=1S/C29H51NO.C2H6.H3OP/c1-5-6-19-31-24-16-17-28(4)23(20-24)15-18-29(30)26-13-11-22(10-8-7-9-21(2)3)25(26)12-14-27(28)29;2*1-2/h15,21-22,24-27H,5-14,16-20,30H2,1-4H3;1-2H3;1H,2H2. The molecule has 206 valence electrons. The Bertz CT molecular complexity index is 637. The van der Waals surface area contributed by atoms with Gasteiger partial charge in [-0.25, -0.2) is 0 Å². The van der Waals surface area contributed by atoms with E-state index in [1.165, 1.54) is 92.9 Å². The van der Waals surface area contributed by atoms with Gasteiger partial charge in [-0.1, -0.05) is 85.3 Å². The molecule has 4 aliphatic rings. The van der Waals surface area contributed by atoms with Gasteiger partial charge in [0.05, 0.1) is 6.10 Å². The highest BCUT2D eigenvalue weighted by atomic mass is 31.0. The second-order valence-electron chi connectivity index (χ2n) is 12.5. The summed E-state index contributed by atoms with van der Waals surface area (Å²) in [5.41, 5.74) is 9.55. The van der Waals surface area contributed by atoms with Crippen LogP contribution in [0.3, 0.4) is 0 Å². The van der Waals surface area contributed by atoms with Crippen LogP contribution in [0.5, 0.6) is 0 Å². The average molecular weight is 510 g/mol. The SMILES string of the molecule is CC.CCCCOC1CCC2(C)C(=CCC3(N)C4CCC(CCCCC(C)C)C4CCC23)C1.OP. The Labute approximate surface area is 221 Å². The third-order valence-corrected chi connectivity index (χ3v) is 10.2. The Kier molecular flexibility index (Phi) is 13.3. The first-order chi connectivity index (χ1) is 16.9. The van der Waals surface area contributed by atoms with E-state index in [4.69, 9.17) is 15.4 Å². The number of rotatable bonds is 9. The minimum Gasteiger partial charge on any atom is -0.380 e. The predicted octanol–water partition coefficient (Wildman–Crippen LogP) is 8.45. The molecule has 0 saturated heterocycles. The highest BCUT2D eigenvalue weighted by Crippen LogP contribution is 2.63. The van der Waals surface area contributed by atoms with Crippen molar-refractivity contribution in [1.29, 1.82) is 0 Å². The smallest absolute Gasteiger partial charge is 0.0612 e. The normalized spacial score (nSPS) is 37.7. The van der Waals surface area contributed by atoms with Gasteiger partial charge >= 0.3 is 0 Å². The Morgan fingerprint density at radius 2 is 1.83 bits per heavy atom. The van der Waals surface area contributed by atoms with Crippen LogP contribution in [0.4, 0.5) is 0 Å². The molecule has 0 amide bonds. The maximum absolute atomic E-state index is 7.46. The molecular formula is C31H60NO2P. The topological polar surface area (TPSA) is 55.5 Å². The van der Waals surface area contributed by atoms with Crippen LogP contribution in [0.25, 0.3) is 0 Å². The number of unbranched alkanes of at least 4 members (excludes halogenated alkanes) is 2. The van der Waals surface area contributed by atoms with Crippen molar-refractivity contribution in [2.24, 2.45) is 40.7 Å². The van der Waals surface area contributed by atoms with Crippen molar-refractivity contribution in [3.05, 3.63) is 11.6 Å². The first-order valence-electron chi connectivity index (χ1n) is 15.2. The maximum atomic E-state index is 7.46. The summed E-state index contributed by atoms with van der Waals surface area (Å²) in [6, 6.07) is 0. The zero-order valence-corrected chi connectivity index (χ0v) is 25.3. The van der Waals surface area contributed by atoms with Gasteiger partial charge < -0.3 is 15.4 Å². The molecule has 3 nitrogen and oxygen atoms in total. The summed E-state index contributed by atoms with van der Waals surface area (Å²) >= 11 is 0. The fraction of sp³-hybridized carbons (Fsp3) is 0.935. The van der Waals surface area contributed by atoms with Gasteiger partial charge in [-0.2, -0.15) is 0 Å². The highest BCUT2D eigenvalue weighted by Gasteiger charge is 2.60. The Morgan fingerprint density at radius 3 is 2.51 bits per heavy atom. The summed E-state index contributed by atoms with van der Waals surface area (Å²) in [7, 11) is 1.42. The highest BCUT2D eigenvalue weighted by molar-refractivity contribution is 7.08. The zero-order chi connectivity index (χ0) is 26.1. The number of hydrogen-bond donors (Lipinski definition) is 2. The van der Waals surface area contributed by atoms with Crippen molar-refractivity contribution in [2.45, 2.75) is 143 Å². The zero-order valence-electron chi connectivity index (χ0n) is 24.2. The van der Waals surface area contributed by atoms with E-state index in [-0.39, 0.29) is 5.54 Å². The summed E-state index contributed by atoms with van der Waals surface area (Å²) in [5, 5.41) is 0. The summed E-state index contributed by atoms with van der Waals surface area (Å²) < 4.78 is 6.25. The number of fused-ring (bicyclic) bond motifs is 5. The molecule has 3 N–H and O–H groups in total. The van der Waals surface area contributed by atoms with Gasteiger partial charge in [-0.15, -0.1) is 0 Å². The van der Waals surface area contributed by atoms with E-state index >= 15 is 0 Å². The molecule has 4 rings (SSSR count). The van der Waals surface area contributed by atoms with Gasteiger partial charge in [0.2, 0.25) is 0 Å². The minimum atomic E-state index is 0.0593. The molecular weight excluding hydrogens is 449 g/mol. The molecule has 0 aromatic rings. The van der Waals surface area contributed by atoms with Gasteiger partial charge in [0.1, 0.15) is 0 Å². The molecule has 3 saturated carbocycles. The van der Waals surface area contributed by atoms with Crippen LogP contribution in [0.1, 0.15) is 131 Å². The van der Waals surface area contributed by atoms with E-state index in [0.717, 1.165) is 36.7 Å². The molecule has 0 spiro atoms. The summed E-state index contributed by atoms with van der Waals surface area (Å²) in [5.74, 6) is 4.19. The molecule has 8 unspecified atom stereocenters. The fourth-order valence-electron chi connectivity index (χ4n) is 8.42. The van der Waals surface area contributed by atoms with Crippen molar-refractivity contribution >= 4 is 9.47 Å². The van der Waals surface area contributed by atoms with E-state index in [9.17, 15) is 0 Å². The van der Waals surface area contributed by atoms with Crippen LogP contribution in [0, 0.1) is 35.0 Å². The van der Waals surface area contributed by atoms with Gasteiger partial charge in [0, 0.05) is 12.1 Å². The first-order valence-corrected chi connectivity index (χ1v) is 15.8. The van der Waals surface area contributed by atoms with Crippen LogP contribution in [0.2, 0.25) is 0 Å². The summed E-state index contributed by atoms with van der Waals surface area (Å²) in [6.07, 6.45) is 21.7. The molecule has 0 aromatic carbocycles. The molecule has 4 heteroatoms. The van der Waals surface area contributed by atoms with E-state index < -0.39 is 0 Å². The van der Waals surface area contributed by atoms with Crippen LogP contribution in [-0.4, -0.2) is 23.1 Å². The molecule has 35 heavy (non-hydrogen) atoms. The van der Waals surface area contributed by atoms with E-state index in [1.807, 2.05) is 13.8 Å². The quantitative estimate of drug-likeness (QED) is 0.186. The maximum Gasteiger partial charge on any atom is 0.0612 e. The van der Waals surface area contributed by atoms with Crippen LogP contribution < -0.4 is 5.73 Å². The molecule has 8 atom stereocenters. The molecule has 0 aliphatic heterocycles. The van der Waals surface area contributed by atoms with Gasteiger partial charge in [0.15, 0.2) is 0 Å². The van der Waals surface area contributed by atoms with Crippen molar-refractivity contribution in [3.8, 4) is 0 Å². The lowest BCUT2D eigenvalue weighted by atomic mass is 9.47. The van der Waals surface area contributed by atoms with Crippen LogP contribution >= 0.6 is 9.47 Å². The van der Waals surface area contributed by atoms with Crippen molar-refractivity contribution in [2.75, 3.05) is 6.61 Å². The monoisotopic (exact) mass is 509 g/mol. The Morgan fingerprint density at radius 1 is 1.09 bits per heavy atom. The van der Waals surface area contributed by atoms with Crippen molar-refractivity contribution in [3.63, 3.8) is 0 Å². The summed E-state index contributed by atoms with van der Waals surface area (Å²) in [4.78, 5) is 6.92. The average Bonchev–Trinajstić information content (AvgIpc) is 3.29. The number of nitrogens with two attached hydrogens (primary N) is 1. The second-order valence-corrected chi connectivity index (χ2v) is 12.5. The molecule has 0 bridgehead atoms. The second kappa shape index (κ2) is 14.8. The lowest BCUT2D eigenvalue weighted by Gasteiger charge is -2.60. The molecule has 3 fully saturated rings. The van der Waals surface area contributed by atoms with Crippen LogP contribution in [-0.2, 0) is 4.74 Å². The van der Waals surface area contributed by atoms with Gasteiger partial charge in [0.25, 0.3) is 0 Å². The third-order valence-electron chi connectivity index (χ3n) is 10.2. The largest absolute Gasteiger partial charge is 0.380 e.